The number of ketones is 1. The highest BCUT2D eigenvalue weighted by atomic mass is 16.5. The first-order valence-corrected chi connectivity index (χ1v) is 44.3. The molecule has 13 rings (SSSR count). The van der Waals surface area contributed by atoms with E-state index in [0.717, 1.165) is 129 Å². The minimum atomic E-state index is -0.701. The van der Waals surface area contributed by atoms with E-state index in [2.05, 4.69) is 48.5 Å². The Morgan fingerprint density at radius 1 is 0.312 bits per heavy atom. The first kappa shape index (κ1) is 109. The molecule has 0 heterocycles. The van der Waals surface area contributed by atoms with Crippen LogP contribution in [0.2, 0.25) is 0 Å². The Balaban J connectivity index is 0.000000244. The number of aliphatic imine (C=N–C) groups is 6. The lowest BCUT2D eigenvalue weighted by atomic mass is 9.76. The minimum Gasteiger partial charge on any atom is -0.424 e. The van der Waals surface area contributed by atoms with Crippen LogP contribution >= 0.6 is 0 Å². The summed E-state index contributed by atoms with van der Waals surface area (Å²) in [6.07, 6.45) is 46.7. The van der Waals surface area contributed by atoms with Crippen molar-refractivity contribution in [1.29, 1.82) is 47.4 Å². The molecule has 702 valence electrons. The summed E-state index contributed by atoms with van der Waals surface area (Å²) in [5.41, 5.74) is 10.0. The van der Waals surface area contributed by atoms with Gasteiger partial charge in [-0.1, -0.05) is 111 Å². The third-order valence-electron chi connectivity index (χ3n) is 23.0. The van der Waals surface area contributed by atoms with Crippen molar-refractivity contribution in [2.75, 3.05) is 0 Å². The van der Waals surface area contributed by atoms with Crippen LogP contribution < -0.4 is 18.9 Å². The molecule has 9 aromatic rings. The molecule has 0 spiro atoms. The Bertz CT molecular complexity index is 5990. The molecule has 0 unspecified atom stereocenters. The van der Waals surface area contributed by atoms with E-state index in [1.54, 1.807) is 184 Å². The number of benzene rings is 9. The number of hydrogen-bond acceptors (Lipinski definition) is 31. The molecule has 31 nitrogen and oxygen atoms in total. The van der Waals surface area contributed by atoms with Crippen molar-refractivity contribution in [2.45, 2.75) is 223 Å². The SMILES string of the molecule is CC(C)(OC#N)c1cccc(C(C)(C)OC#N)c1.CC(C)(c1ccc(N=C=O)cc1)c1ccc(OC#N)cc1.N#COC1CCC(CC2CCC(N=C=O)CC2)CC1.N#COC1CCC(N=C=O)CC1.N#COC1CCCCC1.N#COc1ccc(C(=O)c2ccc(N=C=O)cc2)cc1.N#COc1ccc(CCc2ccc(N=C=O)cc2)cc1.N#COc1ccc(Cc2ccc(N=C=O)cc2)cc1. The molecule has 0 saturated heterocycles. The van der Waals surface area contributed by atoms with Gasteiger partial charge in [0.05, 0.1) is 34.8 Å². The van der Waals surface area contributed by atoms with Crippen molar-refractivity contribution in [3.63, 3.8) is 0 Å². The van der Waals surface area contributed by atoms with Gasteiger partial charge in [0.25, 0.3) is 56.3 Å². The van der Waals surface area contributed by atoms with Crippen LogP contribution in [0.1, 0.15) is 218 Å². The van der Waals surface area contributed by atoms with Gasteiger partial charge >= 0.3 is 0 Å². The third-order valence-corrected chi connectivity index (χ3v) is 23.0. The zero-order chi connectivity index (χ0) is 100. The molecular formula is C107H103N15O16. The quantitative estimate of drug-likeness (QED) is 0.0190. The summed E-state index contributed by atoms with van der Waals surface area (Å²) in [4.78, 5) is 94.5. The highest BCUT2D eigenvalue weighted by Gasteiger charge is 2.31. The van der Waals surface area contributed by atoms with E-state index in [1.807, 2.05) is 131 Å². The van der Waals surface area contributed by atoms with E-state index in [4.69, 9.17) is 85.3 Å². The first-order chi connectivity index (χ1) is 66.9. The summed E-state index contributed by atoms with van der Waals surface area (Å²) in [5, 5.41) is 75.8. The van der Waals surface area contributed by atoms with E-state index in [0.29, 0.717) is 56.9 Å². The van der Waals surface area contributed by atoms with Crippen LogP contribution in [0.15, 0.2) is 248 Å². The number of ether oxygens (including phenoxy) is 9. The van der Waals surface area contributed by atoms with Crippen molar-refractivity contribution in [3.8, 4) is 79.3 Å². The largest absolute Gasteiger partial charge is 0.424 e. The van der Waals surface area contributed by atoms with E-state index < -0.39 is 11.2 Å². The predicted octanol–water partition coefficient (Wildman–Crippen LogP) is 22.4. The lowest BCUT2D eigenvalue weighted by molar-refractivity contribution is 0.0636. The maximum atomic E-state index is 12.2. The first-order valence-electron chi connectivity index (χ1n) is 44.3. The van der Waals surface area contributed by atoms with Gasteiger partial charge in [0.15, 0.2) is 5.78 Å². The van der Waals surface area contributed by atoms with E-state index in [9.17, 15) is 33.6 Å². The molecule has 4 aliphatic carbocycles. The lowest BCUT2D eigenvalue weighted by Gasteiger charge is -2.32. The van der Waals surface area contributed by atoms with Crippen molar-refractivity contribution >= 4 is 65.0 Å². The van der Waals surface area contributed by atoms with E-state index in [-0.39, 0.29) is 41.6 Å². The van der Waals surface area contributed by atoms with Gasteiger partial charge < -0.3 is 42.6 Å². The van der Waals surface area contributed by atoms with Crippen LogP contribution in [-0.2, 0) is 88.3 Å². The van der Waals surface area contributed by atoms with Gasteiger partial charge in [0.2, 0.25) is 36.5 Å². The Hall–Kier alpha value is -17.5. The van der Waals surface area contributed by atoms with Gasteiger partial charge in [-0.25, -0.2) is 38.8 Å². The van der Waals surface area contributed by atoms with Crippen LogP contribution in [0.4, 0.5) is 22.7 Å². The highest BCUT2D eigenvalue weighted by Crippen LogP contribution is 2.39. The molecule has 0 amide bonds. The third kappa shape index (κ3) is 39.9. The van der Waals surface area contributed by atoms with Gasteiger partial charge in [0.1, 0.15) is 52.5 Å². The Morgan fingerprint density at radius 3 is 0.949 bits per heavy atom. The lowest BCUT2D eigenvalue weighted by Crippen LogP contribution is -2.24. The fourth-order valence-electron chi connectivity index (χ4n) is 15.3. The molecule has 0 radical (unpaired) electrons. The molecule has 9 aromatic carbocycles. The highest BCUT2D eigenvalue weighted by molar-refractivity contribution is 6.09. The monoisotopic (exact) mass is 1850 g/mol. The van der Waals surface area contributed by atoms with E-state index >= 15 is 0 Å². The number of isocyanates is 6. The summed E-state index contributed by atoms with van der Waals surface area (Å²) >= 11 is 0. The fourth-order valence-corrected chi connectivity index (χ4v) is 15.3. The van der Waals surface area contributed by atoms with Crippen LogP contribution in [0.25, 0.3) is 0 Å². The standard InChI is InChI=1S/C17H14N2O2.C16H12N2O2.C15H8N2O3.C15H22N2O2.C15H10N2O2.C14H16N2O2.C8H10N2O2.C7H11NO/c1-17(2,13-3-7-15(8-4-13)19-12-20)14-5-9-16(10-6-14)21-11-18;17-11-20-16-9-5-14(6-10-16)2-1-13-3-7-15(8-4-13)18-12-19;16-9-20-14-7-3-12(4-8-14)15(19)11-1-5-13(6-2-11)17-10-18;2*16-10-19-15-7-3-13(4-8-15)9-12-1-5-14(6-2-12)17-11-18;1-13(2,17-9-15)11-6-5-7-12(8-11)14(3,4)18-10-16;9-5-12-8-3-1-7(2-4-8)10-6-11;8-6-9-7-4-2-1-3-5-7/h3-10H,1-2H3;3-10H,1-2H2;1-8H;12-15H,1-9H2;1-8H,9H2;5-8H,1-4H3;7-8H,1-4H2;7H,1-5H2. The zero-order valence-corrected chi connectivity index (χ0v) is 77.4. The number of nitrogens with zero attached hydrogens (tertiary/aromatic N) is 15. The average Bonchev–Trinajstić information content (AvgIpc) is 0.803. The van der Waals surface area contributed by atoms with Crippen LogP contribution in [0, 0.1) is 115 Å². The summed E-state index contributed by atoms with van der Waals surface area (Å²) in [6, 6.07) is 64.8. The molecule has 0 aliphatic heterocycles. The second-order valence-corrected chi connectivity index (χ2v) is 33.3. The maximum absolute atomic E-state index is 12.2. The molecule has 0 atom stereocenters. The summed E-state index contributed by atoms with van der Waals surface area (Å²) in [5.74, 6) is 3.41. The maximum Gasteiger partial charge on any atom is 0.292 e. The minimum absolute atomic E-state index is 0.0353. The Labute approximate surface area is 802 Å². The van der Waals surface area contributed by atoms with Crippen LogP contribution in [-0.4, -0.2) is 72.7 Å². The molecule has 4 aliphatic rings. The normalized spacial score (nSPS) is 15.6. The molecule has 4 saturated carbocycles. The number of aryl methyl sites for hydroxylation is 2. The second kappa shape index (κ2) is 61.3. The zero-order valence-electron chi connectivity index (χ0n) is 77.4. The molecule has 0 bridgehead atoms. The van der Waals surface area contributed by atoms with Crippen molar-refractivity contribution in [1.82, 2.24) is 0 Å². The molecule has 0 N–H and O–H groups in total. The average molecular weight is 1860 g/mol. The van der Waals surface area contributed by atoms with Gasteiger partial charge in [-0.15, -0.1) is 21.0 Å². The number of carbonyl (C=O) groups excluding carboxylic acids is 7. The predicted molar refractivity (Wildman–Crippen MR) is 505 cm³/mol. The van der Waals surface area contributed by atoms with Gasteiger partial charge in [-0.05, 0) is 340 Å². The summed E-state index contributed by atoms with van der Waals surface area (Å²) in [6.45, 7) is 11.5. The topological polar surface area (TPSA) is 491 Å². The second-order valence-electron chi connectivity index (χ2n) is 33.3. The van der Waals surface area contributed by atoms with Crippen molar-refractivity contribution < 1.29 is 76.2 Å². The fraction of sp³-hybridized carbons (Fsp3) is 0.346. The van der Waals surface area contributed by atoms with Crippen LogP contribution in [0.3, 0.4) is 0 Å². The molecule has 0 aromatic heterocycles. The molecule has 31 heteroatoms. The summed E-state index contributed by atoms with van der Waals surface area (Å²) in [7, 11) is 0. The Kier molecular flexibility index (Phi) is 48.5. The Morgan fingerprint density at radius 2 is 0.601 bits per heavy atom. The molecular weight excluding hydrogens is 1750 g/mol. The van der Waals surface area contributed by atoms with Crippen molar-refractivity contribution in [2.24, 2.45) is 41.8 Å². The number of carbonyl (C=O) groups is 1. The van der Waals surface area contributed by atoms with E-state index in [1.165, 1.54) is 86.8 Å². The van der Waals surface area contributed by atoms with Gasteiger partial charge in [-0.3, -0.25) is 4.79 Å². The molecule has 4 fully saturated rings. The number of hydrogen-bond donors (Lipinski definition) is 0. The van der Waals surface area contributed by atoms with Crippen molar-refractivity contribution in [3.05, 3.63) is 274 Å². The number of nitriles is 9. The summed E-state index contributed by atoms with van der Waals surface area (Å²) < 4.78 is 43.5. The number of rotatable bonds is 28. The smallest absolute Gasteiger partial charge is 0.292 e. The van der Waals surface area contributed by atoms with Gasteiger partial charge in [-0.2, -0.15) is 46.3 Å². The van der Waals surface area contributed by atoms with Gasteiger partial charge in [0, 0.05) is 16.5 Å². The van der Waals surface area contributed by atoms with Crippen LogP contribution in [0.5, 0.6) is 23.0 Å². The molecule has 138 heavy (non-hydrogen) atoms.